The number of hydrogen-bond donors (Lipinski definition) is 3. The first-order valence-electron chi connectivity index (χ1n) is 6.88. The van der Waals surface area contributed by atoms with Crippen molar-refractivity contribution in [3.63, 3.8) is 0 Å². The lowest BCUT2D eigenvalue weighted by Crippen LogP contribution is -2.48. The molecule has 1 heterocycles. The molecule has 1 amide bonds. The predicted molar refractivity (Wildman–Crippen MR) is 82.9 cm³/mol. The number of pyridine rings is 1. The number of nitrogens with zero attached hydrogens (tertiary/aromatic N) is 1. The maximum Gasteiger partial charge on any atom is 0.232 e. The van der Waals surface area contributed by atoms with Crippen LogP contribution >= 0.6 is 12.2 Å². The van der Waals surface area contributed by atoms with Crippen LogP contribution in [0.3, 0.4) is 0 Å². The number of thiocarbonyl (C=S) groups is 1. The van der Waals surface area contributed by atoms with Crippen LogP contribution in [0.1, 0.15) is 39.0 Å². The molecule has 108 valence electrons. The van der Waals surface area contributed by atoms with Crippen molar-refractivity contribution in [2.24, 2.45) is 5.41 Å². The summed E-state index contributed by atoms with van der Waals surface area (Å²) in [5.74, 6) is 0.00249. The van der Waals surface area contributed by atoms with Crippen LogP contribution in [-0.2, 0) is 4.79 Å². The van der Waals surface area contributed by atoms with Crippen molar-refractivity contribution >= 4 is 28.9 Å². The Bertz CT molecular complexity index is 471. The summed E-state index contributed by atoms with van der Waals surface area (Å²) >= 11 is 5.12. The molecular formula is C14H20N4OS. The van der Waals surface area contributed by atoms with Crippen molar-refractivity contribution in [1.29, 1.82) is 0 Å². The summed E-state index contributed by atoms with van der Waals surface area (Å²) in [5, 5.41) is 3.04. The maximum atomic E-state index is 12.3. The zero-order valence-corrected chi connectivity index (χ0v) is 12.4. The Labute approximate surface area is 124 Å². The summed E-state index contributed by atoms with van der Waals surface area (Å²) in [6.45, 7) is 2.01. The third kappa shape index (κ3) is 3.90. The molecule has 1 aromatic rings. The summed E-state index contributed by atoms with van der Waals surface area (Å²) in [6.07, 6.45) is 8.65. The molecule has 3 N–H and O–H groups in total. The number of nitrogens with one attached hydrogen (secondary N) is 3. The lowest BCUT2D eigenvalue weighted by molar-refractivity contribution is -0.130. The monoisotopic (exact) mass is 292 g/mol. The molecule has 1 aliphatic carbocycles. The number of carbonyl (C=O) groups excluding carboxylic acids is 1. The fraction of sp³-hybridized carbons (Fsp3) is 0.500. The molecule has 6 heteroatoms. The van der Waals surface area contributed by atoms with Gasteiger partial charge in [-0.3, -0.25) is 20.6 Å². The summed E-state index contributed by atoms with van der Waals surface area (Å²) in [5.41, 5.74) is 6.18. The molecule has 0 aliphatic heterocycles. The van der Waals surface area contributed by atoms with Crippen molar-refractivity contribution in [3.05, 3.63) is 24.5 Å². The van der Waals surface area contributed by atoms with E-state index in [1.54, 1.807) is 12.4 Å². The highest BCUT2D eigenvalue weighted by Gasteiger charge is 2.34. The number of carbonyl (C=O) groups is 1. The predicted octanol–water partition coefficient (Wildman–Crippen LogP) is 2.37. The smallest absolute Gasteiger partial charge is 0.232 e. The molecule has 0 aromatic carbocycles. The van der Waals surface area contributed by atoms with Gasteiger partial charge in [-0.2, -0.15) is 0 Å². The molecule has 5 nitrogen and oxygen atoms in total. The Morgan fingerprint density at radius 3 is 2.75 bits per heavy atom. The van der Waals surface area contributed by atoms with Gasteiger partial charge in [-0.15, -0.1) is 0 Å². The minimum absolute atomic E-state index is 0.00249. The van der Waals surface area contributed by atoms with Crippen LogP contribution in [0.25, 0.3) is 0 Å². The Hall–Kier alpha value is -1.69. The second-order valence-electron chi connectivity index (χ2n) is 5.40. The molecule has 0 saturated heterocycles. The van der Waals surface area contributed by atoms with Crippen molar-refractivity contribution in [2.45, 2.75) is 39.0 Å². The van der Waals surface area contributed by atoms with E-state index in [-0.39, 0.29) is 16.4 Å². The van der Waals surface area contributed by atoms with E-state index in [0.29, 0.717) is 0 Å². The molecule has 0 atom stereocenters. The third-order valence-corrected chi connectivity index (χ3v) is 3.92. The average molecular weight is 292 g/mol. The summed E-state index contributed by atoms with van der Waals surface area (Å²) in [7, 11) is 0. The van der Waals surface area contributed by atoms with Gasteiger partial charge in [-0.05, 0) is 37.2 Å². The van der Waals surface area contributed by atoms with E-state index in [0.717, 1.165) is 31.4 Å². The molecule has 0 radical (unpaired) electrons. The number of amides is 1. The Morgan fingerprint density at radius 2 is 2.10 bits per heavy atom. The van der Waals surface area contributed by atoms with Crippen LogP contribution in [0.2, 0.25) is 0 Å². The SMILES string of the molecule is CC1(C(=O)NC(=S)NNc2cccnc2)CCCCC1. The molecule has 0 bridgehead atoms. The largest absolute Gasteiger partial charge is 0.301 e. The number of hydrogen-bond acceptors (Lipinski definition) is 4. The van der Waals surface area contributed by atoms with E-state index >= 15 is 0 Å². The van der Waals surface area contributed by atoms with E-state index in [1.807, 2.05) is 19.1 Å². The standard InChI is InChI=1S/C14H20N4OS/c1-14(7-3-2-4-8-14)12(19)16-13(20)18-17-11-6-5-9-15-10-11/h5-6,9-10,17H,2-4,7-8H2,1H3,(H2,16,18,19,20). The first-order chi connectivity index (χ1) is 9.60. The van der Waals surface area contributed by atoms with Crippen LogP contribution in [-0.4, -0.2) is 16.0 Å². The van der Waals surface area contributed by atoms with Gasteiger partial charge in [0.2, 0.25) is 5.91 Å². The van der Waals surface area contributed by atoms with Gasteiger partial charge in [-0.25, -0.2) is 0 Å². The minimum atomic E-state index is -0.293. The van der Waals surface area contributed by atoms with Crippen LogP contribution in [0, 0.1) is 5.41 Å². The van der Waals surface area contributed by atoms with Crippen molar-refractivity contribution in [1.82, 2.24) is 15.7 Å². The van der Waals surface area contributed by atoms with Gasteiger partial charge in [0.05, 0.1) is 11.9 Å². The highest BCUT2D eigenvalue weighted by molar-refractivity contribution is 7.80. The second-order valence-corrected chi connectivity index (χ2v) is 5.80. The molecule has 2 rings (SSSR count). The van der Waals surface area contributed by atoms with Crippen LogP contribution in [0.15, 0.2) is 24.5 Å². The van der Waals surface area contributed by atoms with Gasteiger partial charge in [0, 0.05) is 11.6 Å². The zero-order valence-electron chi connectivity index (χ0n) is 11.6. The molecule has 0 unspecified atom stereocenters. The van der Waals surface area contributed by atoms with Gasteiger partial charge in [-0.1, -0.05) is 26.2 Å². The van der Waals surface area contributed by atoms with Gasteiger partial charge >= 0.3 is 0 Å². The van der Waals surface area contributed by atoms with Crippen LogP contribution in [0.5, 0.6) is 0 Å². The average Bonchev–Trinajstić information content (AvgIpc) is 2.47. The van der Waals surface area contributed by atoms with E-state index in [4.69, 9.17) is 12.2 Å². The molecule has 1 aromatic heterocycles. The van der Waals surface area contributed by atoms with Gasteiger partial charge in [0.25, 0.3) is 0 Å². The van der Waals surface area contributed by atoms with E-state index in [2.05, 4.69) is 21.2 Å². The van der Waals surface area contributed by atoms with Crippen LogP contribution in [0.4, 0.5) is 5.69 Å². The molecule has 0 spiro atoms. The summed E-state index contributed by atoms with van der Waals surface area (Å²) in [6, 6.07) is 3.67. The molecule has 1 saturated carbocycles. The zero-order chi connectivity index (χ0) is 14.4. The Morgan fingerprint density at radius 1 is 1.35 bits per heavy atom. The van der Waals surface area contributed by atoms with E-state index in [9.17, 15) is 4.79 Å². The van der Waals surface area contributed by atoms with Gasteiger partial charge < -0.3 is 5.32 Å². The van der Waals surface area contributed by atoms with E-state index < -0.39 is 0 Å². The fourth-order valence-corrected chi connectivity index (χ4v) is 2.55. The maximum absolute atomic E-state index is 12.3. The summed E-state index contributed by atoms with van der Waals surface area (Å²) in [4.78, 5) is 16.2. The Balaban J connectivity index is 1.80. The van der Waals surface area contributed by atoms with Crippen molar-refractivity contribution in [3.8, 4) is 0 Å². The second kappa shape index (κ2) is 6.65. The number of rotatable bonds is 3. The molecule has 1 fully saturated rings. The van der Waals surface area contributed by atoms with Crippen LogP contribution < -0.4 is 16.2 Å². The van der Waals surface area contributed by atoms with E-state index in [1.165, 1.54) is 6.42 Å². The molecule has 1 aliphatic rings. The molecule has 20 heavy (non-hydrogen) atoms. The minimum Gasteiger partial charge on any atom is -0.301 e. The highest BCUT2D eigenvalue weighted by Crippen LogP contribution is 2.35. The van der Waals surface area contributed by atoms with Crippen molar-refractivity contribution < 1.29 is 4.79 Å². The number of anilines is 1. The van der Waals surface area contributed by atoms with Crippen molar-refractivity contribution in [2.75, 3.05) is 5.43 Å². The van der Waals surface area contributed by atoms with Gasteiger partial charge in [0.1, 0.15) is 0 Å². The normalized spacial score (nSPS) is 17.1. The first-order valence-corrected chi connectivity index (χ1v) is 7.28. The Kier molecular flexibility index (Phi) is 4.89. The fourth-order valence-electron chi connectivity index (χ4n) is 2.41. The lowest BCUT2D eigenvalue weighted by atomic mass is 9.75. The topological polar surface area (TPSA) is 66.1 Å². The highest BCUT2D eigenvalue weighted by atomic mass is 32.1. The van der Waals surface area contributed by atoms with Gasteiger partial charge in [0.15, 0.2) is 5.11 Å². The third-order valence-electron chi connectivity index (χ3n) is 3.71. The summed E-state index contributed by atoms with van der Waals surface area (Å²) < 4.78 is 0. The number of aromatic nitrogens is 1. The lowest BCUT2D eigenvalue weighted by Gasteiger charge is -2.32. The molecular weight excluding hydrogens is 272 g/mol. The number of hydrazine groups is 1. The quantitative estimate of drug-likeness (QED) is 0.589. The first kappa shape index (κ1) is 14.7.